The van der Waals surface area contributed by atoms with Gasteiger partial charge in [-0.15, -0.1) is 0 Å². The molecule has 2 N–H and O–H groups in total. The highest BCUT2D eigenvalue weighted by molar-refractivity contribution is 9.10. The van der Waals surface area contributed by atoms with Gasteiger partial charge in [-0.05, 0) is 52.9 Å². The normalized spacial score (nSPS) is 14.1. The van der Waals surface area contributed by atoms with Gasteiger partial charge in [0.05, 0.1) is 4.47 Å². The maximum Gasteiger partial charge on any atom is 0.257 e. The summed E-state index contributed by atoms with van der Waals surface area (Å²) in [7, 11) is 0. The molecule has 110 valence electrons. The van der Waals surface area contributed by atoms with Gasteiger partial charge in [0.15, 0.2) is 6.61 Å². The van der Waals surface area contributed by atoms with Crippen LogP contribution in [-0.4, -0.2) is 25.1 Å². The van der Waals surface area contributed by atoms with Crippen LogP contribution in [0.1, 0.15) is 31.7 Å². The van der Waals surface area contributed by atoms with Crippen molar-refractivity contribution in [3.63, 3.8) is 0 Å². The van der Waals surface area contributed by atoms with Crippen LogP contribution in [-0.2, 0) is 11.3 Å². The van der Waals surface area contributed by atoms with Crippen molar-refractivity contribution in [2.75, 3.05) is 13.2 Å². The molecule has 0 heterocycles. The van der Waals surface area contributed by atoms with Crippen molar-refractivity contribution >= 4 is 21.8 Å². The lowest BCUT2D eigenvalue weighted by Gasteiger charge is -2.10. The van der Waals surface area contributed by atoms with Gasteiger partial charge in [-0.1, -0.05) is 13.0 Å². The Bertz CT molecular complexity index is 461. The number of hydrogen-bond donors (Lipinski definition) is 2. The Kier molecular flexibility index (Phi) is 5.86. The largest absolute Gasteiger partial charge is 0.483 e. The lowest BCUT2D eigenvalue weighted by atomic mass is 10.2. The van der Waals surface area contributed by atoms with Crippen LogP contribution in [0.4, 0.5) is 0 Å². The Morgan fingerprint density at radius 3 is 2.90 bits per heavy atom. The lowest BCUT2D eigenvalue weighted by molar-refractivity contribution is -0.123. The second-order valence-electron chi connectivity index (χ2n) is 5.06. The standard InChI is InChI=1S/C15H21BrN2O2/c1-2-7-17-15(19)10-20-14-6-3-11(8-13(14)16)9-18-12-4-5-12/h3,6,8,12,18H,2,4-5,7,9-10H2,1H3,(H,17,19). The molecule has 0 saturated heterocycles. The maximum atomic E-state index is 11.5. The Hall–Kier alpha value is -1.07. The molecule has 1 amide bonds. The molecule has 0 bridgehead atoms. The Labute approximate surface area is 128 Å². The highest BCUT2D eigenvalue weighted by Gasteiger charge is 2.20. The summed E-state index contributed by atoms with van der Waals surface area (Å²) in [6.45, 7) is 3.64. The summed E-state index contributed by atoms with van der Waals surface area (Å²) in [5.41, 5.74) is 1.21. The topological polar surface area (TPSA) is 50.4 Å². The van der Waals surface area contributed by atoms with Gasteiger partial charge < -0.3 is 15.4 Å². The molecule has 1 saturated carbocycles. The number of halogens is 1. The van der Waals surface area contributed by atoms with E-state index in [2.05, 4.69) is 26.6 Å². The predicted octanol–water partition coefficient (Wildman–Crippen LogP) is 2.61. The van der Waals surface area contributed by atoms with Crippen LogP contribution in [0.25, 0.3) is 0 Å². The lowest BCUT2D eigenvalue weighted by Crippen LogP contribution is -2.29. The van der Waals surface area contributed by atoms with Gasteiger partial charge in [0.1, 0.15) is 5.75 Å². The minimum atomic E-state index is -0.0850. The van der Waals surface area contributed by atoms with E-state index in [1.807, 2.05) is 25.1 Å². The zero-order valence-electron chi connectivity index (χ0n) is 11.7. The third-order valence-electron chi connectivity index (χ3n) is 3.10. The molecule has 4 nitrogen and oxygen atoms in total. The molecule has 0 radical (unpaired) electrons. The van der Waals surface area contributed by atoms with Gasteiger partial charge in [0, 0.05) is 19.1 Å². The van der Waals surface area contributed by atoms with E-state index in [0.717, 1.165) is 17.4 Å². The minimum Gasteiger partial charge on any atom is -0.483 e. The van der Waals surface area contributed by atoms with Gasteiger partial charge in [-0.25, -0.2) is 0 Å². The van der Waals surface area contributed by atoms with Gasteiger partial charge in [-0.3, -0.25) is 4.79 Å². The van der Waals surface area contributed by atoms with Crippen molar-refractivity contribution in [3.05, 3.63) is 28.2 Å². The van der Waals surface area contributed by atoms with Gasteiger partial charge in [0.25, 0.3) is 5.91 Å². The average molecular weight is 341 g/mol. The van der Waals surface area contributed by atoms with Gasteiger partial charge >= 0.3 is 0 Å². The molecule has 0 spiro atoms. The highest BCUT2D eigenvalue weighted by Crippen LogP contribution is 2.26. The highest BCUT2D eigenvalue weighted by atomic mass is 79.9. The Balaban J connectivity index is 1.80. The van der Waals surface area contributed by atoms with E-state index >= 15 is 0 Å². The predicted molar refractivity (Wildman–Crippen MR) is 82.8 cm³/mol. The van der Waals surface area contributed by atoms with Crippen molar-refractivity contribution in [2.45, 2.75) is 38.8 Å². The summed E-state index contributed by atoms with van der Waals surface area (Å²) in [6, 6.07) is 6.67. The molecule has 1 aliphatic rings. The van der Waals surface area contributed by atoms with Crippen LogP contribution < -0.4 is 15.4 Å². The van der Waals surface area contributed by atoms with E-state index in [-0.39, 0.29) is 12.5 Å². The quantitative estimate of drug-likeness (QED) is 0.764. The first-order valence-electron chi connectivity index (χ1n) is 7.10. The molecule has 0 atom stereocenters. The molecular weight excluding hydrogens is 320 g/mol. The van der Waals surface area contributed by atoms with Gasteiger partial charge in [0.2, 0.25) is 0 Å². The number of ether oxygens (including phenoxy) is 1. The summed E-state index contributed by atoms with van der Waals surface area (Å²) in [5.74, 6) is 0.616. The number of benzene rings is 1. The van der Waals surface area contributed by atoms with Crippen LogP contribution in [0.15, 0.2) is 22.7 Å². The van der Waals surface area contributed by atoms with Crippen LogP contribution in [0, 0.1) is 0 Å². The number of rotatable bonds is 8. The fourth-order valence-electron chi connectivity index (χ4n) is 1.78. The molecule has 1 aromatic carbocycles. The zero-order chi connectivity index (χ0) is 14.4. The number of carbonyl (C=O) groups is 1. The van der Waals surface area contributed by atoms with E-state index in [4.69, 9.17) is 4.74 Å². The summed E-state index contributed by atoms with van der Waals surface area (Å²) in [5, 5.41) is 6.25. The maximum absolute atomic E-state index is 11.5. The smallest absolute Gasteiger partial charge is 0.257 e. The zero-order valence-corrected chi connectivity index (χ0v) is 13.3. The summed E-state index contributed by atoms with van der Waals surface area (Å²) >= 11 is 3.49. The number of hydrogen-bond acceptors (Lipinski definition) is 3. The van der Waals surface area contributed by atoms with E-state index in [9.17, 15) is 4.79 Å². The fourth-order valence-corrected chi connectivity index (χ4v) is 2.32. The molecule has 0 unspecified atom stereocenters. The third kappa shape index (κ3) is 5.13. The molecule has 5 heteroatoms. The third-order valence-corrected chi connectivity index (χ3v) is 3.72. The molecular formula is C15H21BrN2O2. The first-order valence-corrected chi connectivity index (χ1v) is 7.89. The first-order chi connectivity index (χ1) is 9.69. The van der Waals surface area contributed by atoms with Crippen molar-refractivity contribution < 1.29 is 9.53 Å². The molecule has 1 aromatic rings. The average Bonchev–Trinajstić information content (AvgIpc) is 3.26. The summed E-state index contributed by atoms with van der Waals surface area (Å²) < 4.78 is 6.39. The number of carbonyl (C=O) groups excluding carboxylic acids is 1. The van der Waals surface area contributed by atoms with Crippen molar-refractivity contribution in [1.82, 2.24) is 10.6 Å². The molecule has 0 aliphatic heterocycles. The Morgan fingerprint density at radius 2 is 2.25 bits per heavy atom. The summed E-state index contributed by atoms with van der Waals surface area (Å²) in [6.07, 6.45) is 3.50. The van der Waals surface area contributed by atoms with Gasteiger partial charge in [-0.2, -0.15) is 0 Å². The molecule has 1 fully saturated rings. The van der Waals surface area contributed by atoms with Crippen molar-refractivity contribution in [2.24, 2.45) is 0 Å². The number of amides is 1. The SMILES string of the molecule is CCCNC(=O)COc1ccc(CNC2CC2)cc1Br. The number of nitrogens with one attached hydrogen (secondary N) is 2. The second-order valence-corrected chi connectivity index (χ2v) is 5.91. The Morgan fingerprint density at radius 1 is 1.45 bits per heavy atom. The van der Waals surface area contributed by atoms with E-state index < -0.39 is 0 Å². The van der Waals surface area contributed by atoms with Crippen molar-refractivity contribution in [1.29, 1.82) is 0 Å². The summed E-state index contributed by atoms with van der Waals surface area (Å²) in [4.78, 5) is 11.5. The fraction of sp³-hybridized carbons (Fsp3) is 0.533. The van der Waals surface area contributed by atoms with E-state index in [1.54, 1.807) is 0 Å². The second kappa shape index (κ2) is 7.64. The minimum absolute atomic E-state index is 0.0538. The molecule has 1 aliphatic carbocycles. The molecule has 2 rings (SSSR count). The van der Waals surface area contributed by atoms with Crippen LogP contribution in [0.3, 0.4) is 0 Å². The van der Waals surface area contributed by atoms with Crippen LogP contribution in [0.2, 0.25) is 0 Å². The van der Waals surface area contributed by atoms with Crippen molar-refractivity contribution in [3.8, 4) is 5.75 Å². The van der Waals surface area contributed by atoms with E-state index in [1.165, 1.54) is 18.4 Å². The molecule has 20 heavy (non-hydrogen) atoms. The van der Waals surface area contributed by atoms with Crippen LogP contribution >= 0.6 is 15.9 Å². The van der Waals surface area contributed by atoms with E-state index in [0.29, 0.717) is 18.3 Å². The first kappa shape index (κ1) is 15.3. The van der Waals surface area contributed by atoms with Crippen LogP contribution in [0.5, 0.6) is 5.75 Å². The monoisotopic (exact) mass is 340 g/mol. The molecule has 0 aromatic heterocycles.